The average Bonchev–Trinajstić information content (AvgIpc) is 1.97. The Bertz CT molecular complexity index is 105. The van der Waals surface area contributed by atoms with E-state index in [0.29, 0.717) is 11.7 Å². The molecule has 0 aromatic heterocycles. The molecule has 0 aliphatic heterocycles. The third-order valence-electron chi connectivity index (χ3n) is 1.81. The summed E-state index contributed by atoms with van der Waals surface area (Å²) >= 11 is 0. The molecule has 0 spiro atoms. The summed E-state index contributed by atoms with van der Waals surface area (Å²) in [5.41, 5.74) is 0. The Morgan fingerprint density at radius 2 is 1.91 bits per heavy atom. The molecule has 0 bridgehead atoms. The van der Waals surface area contributed by atoms with Crippen molar-refractivity contribution in [3.63, 3.8) is 0 Å². The number of carbonyl (C=O) groups excluding carboxylic acids is 1. The van der Waals surface area contributed by atoms with Crippen molar-refractivity contribution in [3.8, 4) is 0 Å². The first kappa shape index (κ1) is 10.7. The van der Waals surface area contributed by atoms with E-state index in [1.807, 2.05) is 0 Å². The maximum Gasteiger partial charge on any atom is 0.132 e. The van der Waals surface area contributed by atoms with Crippen molar-refractivity contribution in [1.82, 2.24) is 0 Å². The van der Waals surface area contributed by atoms with E-state index in [0.717, 1.165) is 32.1 Å². The number of Topliss-reactive ketones (excluding diaryl/α,β-unsaturated/α-hetero) is 1. The molecule has 11 heavy (non-hydrogen) atoms. The minimum Gasteiger partial charge on any atom is -0.300 e. The molecule has 0 aromatic carbocycles. The predicted molar refractivity (Wildman–Crippen MR) is 48.6 cm³/mol. The molecule has 1 heteroatoms. The summed E-state index contributed by atoms with van der Waals surface area (Å²) in [6, 6.07) is 0. The van der Waals surface area contributed by atoms with Gasteiger partial charge in [-0.2, -0.15) is 0 Å². The van der Waals surface area contributed by atoms with Crippen molar-refractivity contribution in [2.75, 3.05) is 0 Å². The van der Waals surface area contributed by atoms with Crippen LogP contribution in [-0.4, -0.2) is 5.78 Å². The summed E-state index contributed by atoms with van der Waals surface area (Å²) in [4.78, 5) is 11.1. The lowest BCUT2D eigenvalue weighted by molar-refractivity contribution is -0.119. The second-order valence-electron chi connectivity index (χ2n) is 3.57. The predicted octanol–water partition coefficient (Wildman–Crippen LogP) is 3.18. The summed E-state index contributed by atoms with van der Waals surface area (Å²) in [6.45, 7) is 6.44. The summed E-state index contributed by atoms with van der Waals surface area (Å²) in [6.07, 6.45) is 4.84. The Hall–Kier alpha value is -0.330. The molecule has 0 saturated carbocycles. The van der Waals surface area contributed by atoms with Crippen LogP contribution in [-0.2, 0) is 4.79 Å². The van der Waals surface area contributed by atoms with Gasteiger partial charge < -0.3 is 0 Å². The van der Waals surface area contributed by atoms with Crippen LogP contribution in [0.5, 0.6) is 0 Å². The van der Waals surface area contributed by atoms with Crippen LogP contribution in [0, 0.1) is 5.92 Å². The first-order chi connectivity index (χ1) is 5.16. The maximum atomic E-state index is 11.1. The summed E-state index contributed by atoms with van der Waals surface area (Å²) in [5.74, 6) is 1.11. The Morgan fingerprint density at radius 1 is 1.27 bits per heavy atom. The first-order valence-corrected chi connectivity index (χ1v) is 4.68. The van der Waals surface area contributed by atoms with E-state index in [9.17, 15) is 4.79 Å². The van der Waals surface area contributed by atoms with Crippen LogP contribution in [0.3, 0.4) is 0 Å². The van der Waals surface area contributed by atoms with Crippen molar-refractivity contribution in [3.05, 3.63) is 0 Å². The molecule has 1 nitrogen and oxygen atoms in total. The Labute approximate surface area is 70.2 Å². The molecule has 0 aliphatic carbocycles. The lowest BCUT2D eigenvalue weighted by Gasteiger charge is -2.02. The van der Waals surface area contributed by atoms with Gasteiger partial charge in [0.25, 0.3) is 0 Å². The van der Waals surface area contributed by atoms with Crippen LogP contribution in [0.15, 0.2) is 0 Å². The van der Waals surface area contributed by atoms with Gasteiger partial charge in [0, 0.05) is 12.8 Å². The summed E-state index contributed by atoms with van der Waals surface area (Å²) < 4.78 is 0. The van der Waals surface area contributed by atoms with Gasteiger partial charge in [-0.25, -0.2) is 0 Å². The fraction of sp³-hybridized carbons (Fsp3) is 0.900. The molecule has 0 aromatic rings. The van der Waals surface area contributed by atoms with Gasteiger partial charge in [0.1, 0.15) is 5.78 Å². The minimum atomic E-state index is 0.445. The average molecular weight is 156 g/mol. The third kappa shape index (κ3) is 7.57. The molecule has 0 radical (unpaired) electrons. The Balaban J connectivity index is 3.23. The molecule has 0 rings (SSSR count). The number of hydrogen-bond donors (Lipinski definition) is 0. The van der Waals surface area contributed by atoms with E-state index >= 15 is 0 Å². The van der Waals surface area contributed by atoms with Crippen LogP contribution in [0.4, 0.5) is 0 Å². The van der Waals surface area contributed by atoms with Crippen molar-refractivity contribution in [1.29, 1.82) is 0 Å². The smallest absolute Gasteiger partial charge is 0.132 e. The van der Waals surface area contributed by atoms with E-state index in [-0.39, 0.29) is 0 Å². The van der Waals surface area contributed by atoms with E-state index in [1.54, 1.807) is 0 Å². The zero-order valence-electron chi connectivity index (χ0n) is 8.02. The minimum absolute atomic E-state index is 0.445. The molecule has 66 valence electrons. The van der Waals surface area contributed by atoms with Gasteiger partial charge in [0.15, 0.2) is 0 Å². The van der Waals surface area contributed by atoms with Crippen LogP contribution >= 0.6 is 0 Å². The largest absolute Gasteiger partial charge is 0.300 e. The molecule has 0 unspecified atom stereocenters. The normalized spacial score (nSPS) is 10.5. The standard InChI is InChI=1S/C10H20O/c1-4-5-6-10(11)8-7-9(2)3/h9H,4-8H2,1-3H3. The highest BCUT2D eigenvalue weighted by atomic mass is 16.1. The Kier molecular flexibility index (Phi) is 6.19. The van der Waals surface area contributed by atoms with Crippen LogP contribution in [0.25, 0.3) is 0 Å². The van der Waals surface area contributed by atoms with Gasteiger partial charge in [-0.3, -0.25) is 4.79 Å². The zero-order valence-corrected chi connectivity index (χ0v) is 8.02. The van der Waals surface area contributed by atoms with Crippen molar-refractivity contribution < 1.29 is 4.79 Å². The van der Waals surface area contributed by atoms with Gasteiger partial charge >= 0.3 is 0 Å². The molecule has 0 atom stereocenters. The van der Waals surface area contributed by atoms with Gasteiger partial charge in [0.05, 0.1) is 0 Å². The van der Waals surface area contributed by atoms with E-state index < -0.39 is 0 Å². The quantitative estimate of drug-likeness (QED) is 0.577. The number of carbonyl (C=O) groups is 1. The van der Waals surface area contributed by atoms with Crippen LogP contribution in [0.2, 0.25) is 0 Å². The van der Waals surface area contributed by atoms with Gasteiger partial charge in [-0.1, -0.05) is 27.2 Å². The second-order valence-corrected chi connectivity index (χ2v) is 3.57. The fourth-order valence-corrected chi connectivity index (χ4v) is 0.949. The van der Waals surface area contributed by atoms with Crippen molar-refractivity contribution >= 4 is 5.78 Å². The van der Waals surface area contributed by atoms with Crippen molar-refractivity contribution in [2.24, 2.45) is 5.92 Å². The van der Waals surface area contributed by atoms with E-state index in [2.05, 4.69) is 20.8 Å². The SMILES string of the molecule is CCCCC(=O)CCC(C)C. The molecule has 0 N–H and O–H groups in total. The zero-order chi connectivity index (χ0) is 8.69. The van der Waals surface area contributed by atoms with Crippen LogP contribution < -0.4 is 0 Å². The van der Waals surface area contributed by atoms with E-state index in [4.69, 9.17) is 0 Å². The van der Waals surface area contributed by atoms with Gasteiger partial charge in [-0.05, 0) is 18.8 Å². The van der Waals surface area contributed by atoms with Crippen LogP contribution in [0.1, 0.15) is 52.9 Å². The number of unbranched alkanes of at least 4 members (excludes halogenated alkanes) is 1. The molecule has 0 saturated heterocycles. The maximum absolute atomic E-state index is 11.1. The number of hydrogen-bond acceptors (Lipinski definition) is 1. The monoisotopic (exact) mass is 156 g/mol. The molecule has 0 fully saturated rings. The third-order valence-corrected chi connectivity index (χ3v) is 1.81. The second kappa shape index (κ2) is 6.38. The van der Waals surface area contributed by atoms with Gasteiger partial charge in [-0.15, -0.1) is 0 Å². The molecular formula is C10H20O. The van der Waals surface area contributed by atoms with E-state index in [1.165, 1.54) is 0 Å². The van der Waals surface area contributed by atoms with Gasteiger partial charge in [0.2, 0.25) is 0 Å². The highest BCUT2D eigenvalue weighted by molar-refractivity contribution is 5.78. The lowest BCUT2D eigenvalue weighted by atomic mass is 10.0. The van der Waals surface area contributed by atoms with Crippen molar-refractivity contribution in [2.45, 2.75) is 52.9 Å². The Morgan fingerprint density at radius 3 is 2.36 bits per heavy atom. The number of rotatable bonds is 6. The molecule has 0 amide bonds. The number of ketones is 1. The fourth-order valence-electron chi connectivity index (χ4n) is 0.949. The highest BCUT2D eigenvalue weighted by Gasteiger charge is 2.01. The lowest BCUT2D eigenvalue weighted by Crippen LogP contribution is -1.99. The molecule has 0 aliphatic rings. The topological polar surface area (TPSA) is 17.1 Å². The summed E-state index contributed by atoms with van der Waals surface area (Å²) in [7, 11) is 0. The molecular weight excluding hydrogens is 136 g/mol. The first-order valence-electron chi connectivity index (χ1n) is 4.68. The molecule has 0 heterocycles. The highest BCUT2D eigenvalue weighted by Crippen LogP contribution is 2.07. The summed E-state index contributed by atoms with van der Waals surface area (Å²) in [5, 5.41) is 0.